The molecule has 0 radical (unpaired) electrons. The maximum Gasteiger partial charge on any atom is 0.425 e. The first-order valence-corrected chi connectivity index (χ1v) is 35.1. The maximum atomic E-state index is 13.7. The Hall–Kier alpha value is -11.0. The number of hydrogen-bond acceptors (Lipinski definition) is 24. The van der Waals surface area contributed by atoms with E-state index in [1.807, 2.05) is 30.3 Å². The lowest BCUT2D eigenvalue weighted by atomic mass is 10.1. The van der Waals surface area contributed by atoms with E-state index in [1.165, 1.54) is 0 Å². The van der Waals surface area contributed by atoms with Crippen molar-refractivity contribution in [2.45, 2.75) is 104 Å². The molecule has 108 heavy (non-hydrogen) atoms. The maximum absolute atomic E-state index is 13.7. The molecule has 0 aliphatic carbocycles. The molecule has 4 aromatic heterocycles. The van der Waals surface area contributed by atoms with Crippen LogP contribution in [-0.4, -0.2) is 202 Å². The van der Waals surface area contributed by atoms with E-state index in [0.29, 0.717) is 64.0 Å². The Labute approximate surface area is 611 Å². The Kier molecular flexibility index (Phi) is 32.3. The number of benzene rings is 4. The summed E-state index contributed by atoms with van der Waals surface area (Å²) in [6.45, 7) is 11.5. The summed E-state index contributed by atoms with van der Waals surface area (Å²) in [7, 11) is -6.22. The number of phenolic OH excluding ortho intramolecular Hbond substituents is 1. The second kappa shape index (κ2) is 40.6. The number of aromatic nitrogens is 6. The van der Waals surface area contributed by atoms with E-state index in [0.717, 1.165) is 105 Å². The third kappa shape index (κ3) is 24.0. The number of anilines is 4. The molecule has 2 saturated heterocycles. The SMILES string of the molecule is CCCCc1nc2c([nH]1)c(N)nc1ccc(N3CCN(C(=O)[C@H](C)NC(=O)CCOCCC(=O)O)CC3)cc12.CCCCc1nc2c([nH]1)c(N)nc1ccc(N3CCN(C(=O)[C@H](C)NC(=O)CCOCCC(=O)Oc4c(F)c(F)c(F)c(F)c4F)CC3)cc12.O=S(=O)=O.O=S(=O)=O.Oc1c(F)c(F)cc(F)c1F. The van der Waals surface area contributed by atoms with Crippen molar-refractivity contribution in [1.82, 2.24) is 50.3 Å². The van der Waals surface area contributed by atoms with Crippen molar-refractivity contribution in [3.05, 3.63) is 106 Å². The summed E-state index contributed by atoms with van der Waals surface area (Å²) < 4.78 is 181. The lowest BCUT2D eigenvalue weighted by molar-refractivity contribution is -0.139. The summed E-state index contributed by atoms with van der Waals surface area (Å²) >= 11 is 0. The van der Waals surface area contributed by atoms with Crippen LogP contribution in [0.2, 0.25) is 0 Å². The number of ether oxygens (including phenoxy) is 3. The molecule has 4 amide bonds. The number of unbranched alkanes of at least 4 members (excludes halogenated alkanes) is 2. The number of piperazine rings is 2. The van der Waals surface area contributed by atoms with Crippen LogP contribution in [0.1, 0.15) is 90.7 Å². The molecule has 31 nitrogen and oxygen atoms in total. The first kappa shape index (κ1) is 85.9. The molecule has 8 aromatic rings. The highest BCUT2D eigenvalue weighted by atomic mass is 32.2. The number of phenols is 1. The number of nitrogens with two attached hydrogens (primary N) is 2. The number of hydrogen-bond donors (Lipinski definition) is 8. The number of rotatable bonds is 25. The summed E-state index contributed by atoms with van der Waals surface area (Å²) in [6.07, 6.45) is 5.04. The number of carbonyl (C=O) groups excluding carboxylic acids is 5. The second-order valence-corrected chi connectivity index (χ2v) is 24.7. The largest absolute Gasteiger partial charge is 0.503 e. The minimum atomic E-state index is -3.11. The van der Waals surface area contributed by atoms with Gasteiger partial charge in [0.05, 0.1) is 50.3 Å². The normalized spacial score (nSPS) is 13.2. The van der Waals surface area contributed by atoms with Gasteiger partial charge in [0.1, 0.15) is 57.4 Å². The Bertz CT molecular complexity index is 4730. The van der Waals surface area contributed by atoms with E-state index in [9.17, 15) is 68.3 Å². The lowest BCUT2D eigenvalue weighted by Gasteiger charge is -2.37. The van der Waals surface area contributed by atoms with Gasteiger partial charge < -0.3 is 76.1 Å². The Balaban J connectivity index is 0.000000276. The minimum Gasteiger partial charge on any atom is -0.503 e. The van der Waals surface area contributed by atoms with E-state index in [2.05, 4.69) is 65.0 Å². The van der Waals surface area contributed by atoms with E-state index in [4.69, 9.17) is 66.4 Å². The molecule has 6 heterocycles. The van der Waals surface area contributed by atoms with Gasteiger partial charge in [-0.25, -0.2) is 41.9 Å². The molecule has 2 aliphatic rings. The molecule has 10 N–H and O–H groups in total. The zero-order valence-corrected chi connectivity index (χ0v) is 59.9. The van der Waals surface area contributed by atoms with Crippen LogP contribution in [0.25, 0.3) is 43.9 Å². The van der Waals surface area contributed by atoms with Gasteiger partial charge in [-0.1, -0.05) is 26.7 Å². The van der Waals surface area contributed by atoms with Crippen LogP contribution >= 0.6 is 0 Å². The molecule has 0 spiro atoms. The van der Waals surface area contributed by atoms with Crippen molar-refractivity contribution in [2.75, 3.05) is 100 Å². The number of esters is 1. The predicted molar refractivity (Wildman–Crippen MR) is 369 cm³/mol. The number of halogens is 9. The Morgan fingerprint density at radius 3 is 1.26 bits per heavy atom. The van der Waals surface area contributed by atoms with Gasteiger partial charge in [-0.3, -0.25) is 28.8 Å². The molecule has 0 unspecified atom stereocenters. The number of pyridine rings is 2. The van der Waals surface area contributed by atoms with Gasteiger partial charge in [-0.05, 0) is 63.1 Å². The highest BCUT2D eigenvalue weighted by Gasteiger charge is 2.31. The van der Waals surface area contributed by atoms with Crippen molar-refractivity contribution < 1.29 is 118 Å². The number of aryl methyl sites for hydroxylation is 2. The zero-order valence-electron chi connectivity index (χ0n) is 58.2. The summed E-state index contributed by atoms with van der Waals surface area (Å²) in [6, 6.07) is 10.5. The summed E-state index contributed by atoms with van der Waals surface area (Å²) in [5.41, 5.74) is 19.0. The van der Waals surface area contributed by atoms with Crippen LogP contribution in [0.15, 0.2) is 42.5 Å². The van der Waals surface area contributed by atoms with Gasteiger partial charge in [-0.15, -0.1) is 25.3 Å². The fraction of sp³-hybridized carbons (Fsp3) is 0.424. The molecule has 2 fully saturated rings. The summed E-state index contributed by atoms with van der Waals surface area (Å²) in [4.78, 5) is 106. The minimum absolute atomic E-state index is 0.0182. The van der Waals surface area contributed by atoms with Crippen molar-refractivity contribution in [2.24, 2.45) is 0 Å². The van der Waals surface area contributed by atoms with Gasteiger partial charge in [0, 0.05) is 106 Å². The first-order valence-electron chi connectivity index (χ1n) is 33.1. The fourth-order valence-electron chi connectivity index (χ4n) is 10.8. The number of H-pyrrole nitrogens is 2. The van der Waals surface area contributed by atoms with Gasteiger partial charge in [0.15, 0.2) is 17.4 Å². The van der Waals surface area contributed by atoms with E-state index < -0.39 is 121 Å². The first-order chi connectivity index (χ1) is 51.1. The van der Waals surface area contributed by atoms with Crippen molar-refractivity contribution in [1.29, 1.82) is 0 Å². The number of aliphatic carboxylic acids is 1. The van der Waals surface area contributed by atoms with Gasteiger partial charge in [0.25, 0.3) is 0 Å². The number of carboxylic acid groups (broad SMARTS) is 1. The third-order valence-electron chi connectivity index (χ3n) is 16.2. The van der Waals surface area contributed by atoms with Crippen LogP contribution in [-0.2, 0) is 72.3 Å². The summed E-state index contributed by atoms with van der Waals surface area (Å²) in [5.74, 6) is -22.4. The highest BCUT2D eigenvalue weighted by molar-refractivity contribution is 7.59. The van der Waals surface area contributed by atoms with Crippen LogP contribution < -0.4 is 36.6 Å². The number of nitrogens with one attached hydrogen (secondary N) is 4. The van der Waals surface area contributed by atoms with E-state index >= 15 is 0 Å². The number of amides is 4. The third-order valence-corrected chi connectivity index (χ3v) is 16.2. The number of nitrogen functional groups attached to an aromatic ring is 2. The predicted octanol–water partition coefficient (Wildman–Crippen LogP) is 6.30. The topological polar surface area (TPSA) is 445 Å². The average molecular weight is 1570 g/mol. The summed E-state index contributed by atoms with van der Waals surface area (Å²) in [5, 5.41) is 24.1. The van der Waals surface area contributed by atoms with Crippen molar-refractivity contribution in [3.63, 3.8) is 0 Å². The van der Waals surface area contributed by atoms with Crippen molar-refractivity contribution >= 4 is 124 Å². The number of imidazole rings is 2. The van der Waals surface area contributed by atoms with E-state index in [1.54, 1.807) is 23.6 Å². The quantitative estimate of drug-likeness (QED) is 0.00777. The smallest absolute Gasteiger partial charge is 0.425 e. The molecule has 2 aliphatic heterocycles. The zero-order chi connectivity index (χ0) is 79.8. The molecule has 10 rings (SSSR count). The van der Waals surface area contributed by atoms with Crippen LogP contribution in [0.5, 0.6) is 11.5 Å². The molecule has 4 aromatic carbocycles. The number of carbonyl (C=O) groups is 6. The molecule has 0 saturated carbocycles. The number of aromatic hydroxyl groups is 1. The number of aromatic amines is 2. The number of carboxylic acids is 1. The van der Waals surface area contributed by atoms with E-state index in [-0.39, 0.29) is 69.5 Å². The highest BCUT2D eigenvalue weighted by Crippen LogP contribution is 2.34. The molecule has 42 heteroatoms. The molecule has 0 bridgehead atoms. The Morgan fingerprint density at radius 2 is 0.889 bits per heavy atom. The lowest BCUT2D eigenvalue weighted by Crippen LogP contribution is -2.54. The van der Waals surface area contributed by atoms with Crippen LogP contribution in [0.3, 0.4) is 0 Å². The van der Waals surface area contributed by atoms with Gasteiger partial charge in [0.2, 0.25) is 70.1 Å². The molecule has 586 valence electrons. The van der Waals surface area contributed by atoms with Gasteiger partial charge >= 0.3 is 33.2 Å². The second-order valence-electron chi connectivity index (χ2n) is 23.8. The fourth-order valence-corrected chi connectivity index (χ4v) is 10.8. The standard InChI is InChI=1S/C33H36F5N7O5.C27H37N7O5.C6H2F4O.2O3S/c1-3-4-5-21-42-29-19-16-18(6-7-20(19)41-32(39)30(29)43-21)44-10-12-45(13-11-44)33(48)17(2)40-22(46)8-14-49-15-9-23(47)50-31-27(37)25(35)24(34)26(36)28(31)38;1-3-4-5-21-31-24-19-16-18(6-7-20(19)30-26(28)25(24)32-21)33-10-12-34(13-11-33)27(38)17(2)29-22(35)8-14-39-15-9-23(36)37;7-2-1-3(8)5(10)6(11)4(2)9;2*1-4(2)3/h6-7,16-17H,3-5,8-15H2,1-2H3,(H2,39,41)(H,40,46)(H,42,43);6-7,16-17H,3-5,8-15H2,1-2H3,(H2,28,30)(H,29,35)(H,31,32)(H,36,37);1,11H;;/t2*17-;;;/m00.../s1. The molecular formula is C66H75F9N14O17S2. The van der Waals surface area contributed by atoms with Gasteiger partial charge in [-0.2, -0.15) is 17.6 Å². The number of nitrogens with zero attached hydrogens (tertiary/aromatic N) is 8. The monoisotopic (exact) mass is 1570 g/mol. The van der Waals surface area contributed by atoms with Crippen molar-refractivity contribution in [3.8, 4) is 11.5 Å². The Morgan fingerprint density at radius 1 is 0.528 bits per heavy atom. The van der Waals surface area contributed by atoms with Crippen LogP contribution in [0.4, 0.5) is 62.5 Å². The molecule has 2 atom stereocenters. The van der Waals surface area contributed by atoms with Crippen LogP contribution in [0, 0.1) is 52.4 Å². The number of fused-ring (bicyclic) bond motifs is 6. The molecular weight excluding hydrogens is 1500 g/mol. The average Bonchev–Trinajstić information content (AvgIpc) is 1.54.